The van der Waals surface area contributed by atoms with Crippen LogP contribution in [0.15, 0.2) is 17.1 Å². The Bertz CT molecular complexity index is 1020. The summed E-state index contributed by atoms with van der Waals surface area (Å²) in [6.45, 7) is -0.807. The maximum Gasteiger partial charge on any atom is 0.353 e. The number of ether oxygens (including phenoxy) is 1. The van der Waals surface area contributed by atoms with E-state index in [1.54, 1.807) is 0 Å². The lowest BCUT2D eigenvalue weighted by molar-refractivity contribution is 0.0168. The molecule has 4 N–H and O–H groups in total. The molecule has 0 radical (unpaired) electrons. The molecule has 0 saturated heterocycles. The predicted molar refractivity (Wildman–Crippen MR) is 148 cm³/mol. The molecule has 1 unspecified atom stereocenters. The second-order valence-electron chi connectivity index (χ2n) is 10.3. The van der Waals surface area contributed by atoms with Crippen molar-refractivity contribution in [2.45, 2.75) is 96.1 Å². The van der Waals surface area contributed by atoms with Crippen molar-refractivity contribution in [3.8, 4) is 0 Å². The van der Waals surface area contributed by atoms with Gasteiger partial charge >= 0.3 is 13.3 Å². The van der Waals surface area contributed by atoms with Crippen molar-refractivity contribution < 1.29 is 32.2 Å². The molecule has 1 aliphatic rings. The van der Waals surface area contributed by atoms with Gasteiger partial charge in [-0.15, -0.1) is 0 Å². The van der Waals surface area contributed by atoms with Crippen LogP contribution in [0, 0.1) is 5.92 Å². The predicted octanol–water partition coefficient (Wildman–Crippen LogP) is 3.48. The van der Waals surface area contributed by atoms with Crippen LogP contribution in [0.4, 0.5) is 5.82 Å². The standard InChI is InChI=1S/C25H46N3O8PS/c26-24-14-15-28(25(30)27-24)19-23(20-29)35-21-37(31,32)36-16-10-18-38(33,34)17-8-6-4-2-1-3-5-7-11-22-12-9-13-22/h14-15,22-23,29H,1-13,16-21H2,(H,31,32)(H2,26,27,30)/t23-/m0/s1. The number of nitrogen functional groups attached to an aromatic ring is 1. The number of aliphatic hydroxyl groups is 1. The number of aromatic nitrogens is 2. The quantitative estimate of drug-likeness (QED) is 0.136. The Kier molecular flexibility index (Phi) is 15.1. The van der Waals surface area contributed by atoms with Crippen LogP contribution in [0.25, 0.3) is 0 Å². The lowest BCUT2D eigenvalue weighted by Gasteiger charge is -2.24. The second-order valence-corrected chi connectivity index (χ2v) is 14.4. The summed E-state index contributed by atoms with van der Waals surface area (Å²) < 4.78 is 48.1. The molecule has 1 heterocycles. The molecular formula is C25H46N3O8PS. The highest BCUT2D eigenvalue weighted by molar-refractivity contribution is 7.91. The Hall–Kier alpha value is -1.30. The molecule has 0 amide bonds. The molecule has 0 aromatic carbocycles. The van der Waals surface area contributed by atoms with Gasteiger partial charge in [0, 0.05) is 6.20 Å². The normalized spacial score (nSPS) is 16.7. The summed E-state index contributed by atoms with van der Waals surface area (Å²) in [6, 6.07) is 1.41. The third-order valence-electron chi connectivity index (χ3n) is 6.91. The van der Waals surface area contributed by atoms with Crippen LogP contribution >= 0.6 is 7.60 Å². The molecule has 1 fully saturated rings. The van der Waals surface area contributed by atoms with Gasteiger partial charge < -0.3 is 25.0 Å². The number of sulfone groups is 1. The number of rotatable bonds is 22. The van der Waals surface area contributed by atoms with Gasteiger partial charge in [-0.2, -0.15) is 4.98 Å². The van der Waals surface area contributed by atoms with E-state index in [0.717, 1.165) is 29.7 Å². The van der Waals surface area contributed by atoms with E-state index in [2.05, 4.69) is 4.98 Å². The van der Waals surface area contributed by atoms with Gasteiger partial charge in [-0.25, -0.2) is 13.2 Å². The number of unbranched alkanes of at least 4 members (excludes halogenated alkanes) is 7. The minimum Gasteiger partial charge on any atom is -0.394 e. The highest BCUT2D eigenvalue weighted by atomic mass is 32.2. The molecule has 1 aromatic heterocycles. The zero-order valence-corrected chi connectivity index (χ0v) is 24.1. The average Bonchev–Trinajstić information content (AvgIpc) is 2.83. The summed E-state index contributed by atoms with van der Waals surface area (Å²) in [5, 5.41) is 9.46. The van der Waals surface area contributed by atoms with E-state index >= 15 is 0 Å². The number of nitrogens with two attached hydrogens (primary N) is 1. The van der Waals surface area contributed by atoms with E-state index in [1.807, 2.05) is 0 Å². The number of hydrogen-bond acceptors (Lipinski definition) is 9. The van der Waals surface area contributed by atoms with Gasteiger partial charge in [-0.3, -0.25) is 9.13 Å². The first-order valence-corrected chi connectivity index (χ1v) is 17.4. The summed E-state index contributed by atoms with van der Waals surface area (Å²) in [4.78, 5) is 25.3. The lowest BCUT2D eigenvalue weighted by Crippen LogP contribution is -2.32. The molecule has 1 aliphatic carbocycles. The topological polar surface area (TPSA) is 171 Å². The summed E-state index contributed by atoms with van der Waals surface area (Å²) in [5.41, 5.74) is 4.79. The van der Waals surface area contributed by atoms with Crippen molar-refractivity contribution in [1.29, 1.82) is 0 Å². The van der Waals surface area contributed by atoms with Gasteiger partial charge in [0.15, 0.2) is 0 Å². The molecule has 0 spiro atoms. The molecule has 13 heteroatoms. The number of hydrogen-bond donors (Lipinski definition) is 3. The molecule has 0 bridgehead atoms. The summed E-state index contributed by atoms with van der Waals surface area (Å²) in [7, 11) is -7.41. The maximum absolute atomic E-state index is 12.2. The molecule has 2 rings (SSSR count). The third kappa shape index (κ3) is 14.2. The third-order valence-corrected chi connectivity index (χ3v) is 9.79. The molecule has 38 heavy (non-hydrogen) atoms. The van der Waals surface area contributed by atoms with E-state index < -0.39 is 42.2 Å². The fourth-order valence-electron chi connectivity index (χ4n) is 4.39. The molecule has 220 valence electrons. The fourth-order valence-corrected chi connectivity index (χ4v) is 6.68. The van der Waals surface area contributed by atoms with Crippen molar-refractivity contribution in [3.63, 3.8) is 0 Å². The maximum atomic E-state index is 12.2. The number of anilines is 1. The van der Waals surface area contributed by atoms with Gasteiger partial charge in [-0.1, -0.05) is 70.6 Å². The lowest BCUT2D eigenvalue weighted by atomic mass is 9.81. The molecule has 0 aliphatic heterocycles. The zero-order valence-electron chi connectivity index (χ0n) is 22.4. The van der Waals surface area contributed by atoms with Gasteiger partial charge in [0.05, 0.1) is 37.4 Å². The monoisotopic (exact) mass is 579 g/mol. The van der Waals surface area contributed by atoms with Crippen molar-refractivity contribution in [3.05, 3.63) is 22.7 Å². The zero-order chi connectivity index (χ0) is 27.9. The first kappa shape index (κ1) is 32.9. The Morgan fingerprint density at radius 3 is 2.32 bits per heavy atom. The number of aliphatic hydroxyl groups excluding tert-OH is 1. The van der Waals surface area contributed by atoms with E-state index in [1.165, 1.54) is 63.6 Å². The van der Waals surface area contributed by atoms with Crippen molar-refractivity contribution >= 4 is 23.3 Å². The molecule has 2 atom stereocenters. The largest absolute Gasteiger partial charge is 0.394 e. The van der Waals surface area contributed by atoms with Crippen LogP contribution in [0.5, 0.6) is 0 Å². The van der Waals surface area contributed by atoms with E-state index in [0.29, 0.717) is 6.42 Å². The van der Waals surface area contributed by atoms with E-state index in [9.17, 15) is 27.8 Å². The van der Waals surface area contributed by atoms with Gasteiger partial charge in [-0.05, 0) is 24.8 Å². The van der Waals surface area contributed by atoms with Crippen LogP contribution in [0.1, 0.15) is 83.5 Å². The number of nitrogens with zero attached hydrogens (tertiary/aromatic N) is 2. The Balaban J connectivity index is 1.51. The summed E-state index contributed by atoms with van der Waals surface area (Å²) in [5.74, 6) is 1.06. The molecular weight excluding hydrogens is 533 g/mol. The van der Waals surface area contributed by atoms with Crippen LogP contribution in [-0.2, 0) is 30.2 Å². The van der Waals surface area contributed by atoms with Crippen LogP contribution in [0.3, 0.4) is 0 Å². The van der Waals surface area contributed by atoms with Crippen LogP contribution < -0.4 is 11.4 Å². The smallest absolute Gasteiger partial charge is 0.353 e. The first-order valence-electron chi connectivity index (χ1n) is 13.8. The highest BCUT2D eigenvalue weighted by Crippen LogP contribution is 2.42. The van der Waals surface area contributed by atoms with Crippen LogP contribution in [0.2, 0.25) is 0 Å². The van der Waals surface area contributed by atoms with E-state index in [4.69, 9.17) is 15.0 Å². The van der Waals surface area contributed by atoms with E-state index in [-0.39, 0.29) is 36.9 Å². The van der Waals surface area contributed by atoms with Gasteiger partial charge in [0.2, 0.25) is 0 Å². The minimum absolute atomic E-state index is 0.0538. The first-order chi connectivity index (χ1) is 18.1. The minimum atomic E-state index is -4.17. The second kappa shape index (κ2) is 17.4. The van der Waals surface area contributed by atoms with Gasteiger partial charge in [0.25, 0.3) is 0 Å². The highest BCUT2D eigenvalue weighted by Gasteiger charge is 2.23. The summed E-state index contributed by atoms with van der Waals surface area (Å²) >= 11 is 0. The Morgan fingerprint density at radius 2 is 1.71 bits per heavy atom. The van der Waals surface area contributed by atoms with Crippen molar-refractivity contribution in [1.82, 2.24) is 9.55 Å². The molecule has 11 nitrogen and oxygen atoms in total. The Morgan fingerprint density at radius 1 is 1.08 bits per heavy atom. The van der Waals surface area contributed by atoms with Crippen molar-refractivity contribution in [2.24, 2.45) is 5.92 Å². The van der Waals surface area contributed by atoms with Gasteiger partial charge in [0.1, 0.15) is 22.0 Å². The Labute approximate surface area is 226 Å². The van der Waals surface area contributed by atoms with Crippen molar-refractivity contribution in [2.75, 3.05) is 36.8 Å². The molecule has 1 saturated carbocycles. The average molecular weight is 580 g/mol. The molecule has 1 aromatic rings. The SMILES string of the molecule is Nc1ccn(C[C@@H](CO)OCP(=O)(O)OCCCS(=O)(=O)CCCCCCCCCCC2CCC2)c(=O)n1. The van der Waals surface area contributed by atoms with Crippen LogP contribution in [-0.4, -0.2) is 65.1 Å². The summed E-state index contributed by atoms with van der Waals surface area (Å²) in [6.07, 6.45) is 14.4. The fraction of sp³-hybridized carbons (Fsp3) is 0.840.